The van der Waals surface area contributed by atoms with Crippen molar-refractivity contribution >= 4 is 11.0 Å². The summed E-state index contributed by atoms with van der Waals surface area (Å²) in [5.74, 6) is 0. The number of allylic oxidation sites excluding steroid dienone is 4. The third-order valence-electron chi connectivity index (χ3n) is 3.24. The molecule has 98 valence electrons. The quantitative estimate of drug-likeness (QED) is 0.854. The van der Waals surface area contributed by atoms with Gasteiger partial charge in [-0.1, -0.05) is 31.4 Å². The maximum atomic E-state index is 11.9. The van der Waals surface area contributed by atoms with Gasteiger partial charge in [-0.05, 0) is 25.0 Å². The topological polar surface area (TPSA) is 50.7 Å². The van der Waals surface area contributed by atoms with E-state index in [0.717, 1.165) is 16.8 Å². The van der Waals surface area contributed by atoms with Crippen LogP contribution in [0, 0.1) is 13.8 Å². The largest absolute Gasteiger partial charge is 0.325 e. The van der Waals surface area contributed by atoms with Crippen molar-refractivity contribution in [3.63, 3.8) is 0 Å². The number of nitrogens with one attached hydrogen (secondary N) is 1. The molecule has 4 heteroatoms. The lowest BCUT2D eigenvalue weighted by Crippen LogP contribution is -2.08. The SMILES string of the molecule is C=C/C=C\C(=C)Cn1c(C)c(C)c2c(=O)[nH]cnc21. The number of H-pyrrole nitrogens is 1. The van der Waals surface area contributed by atoms with Crippen LogP contribution in [0.5, 0.6) is 0 Å². The molecule has 0 spiro atoms. The van der Waals surface area contributed by atoms with E-state index in [9.17, 15) is 4.79 Å². The second-order valence-corrected chi connectivity index (χ2v) is 4.48. The third kappa shape index (κ3) is 2.29. The van der Waals surface area contributed by atoms with E-state index in [0.29, 0.717) is 17.6 Å². The van der Waals surface area contributed by atoms with Gasteiger partial charge in [0.15, 0.2) is 0 Å². The number of rotatable bonds is 4. The van der Waals surface area contributed by atoms with Crippen molar-refractivity contribution in [3.8, 4) is 0 Å². The van der Waals surface area contributed by atoms with Gasteiger partial charge in [-0.15, -0.1) is 0 Å². The maximum Gasteiger partial charge on any atom is 0.260 e. The maximum absolute atomic E-state index is 11.9. The van der Waals surface area contributed by atoms with Crippen molar-refractivity contribution in [1.29, 1.82) is 0 Å². The van der Waals surface area contributed by atoms with Crippen LogP contribution in [-0.4, -0.2) is 14.5 Å². The zero-order valence-electron chi connectivity index (χ0n) is 11.2. The van der Waals surface area contributed by atoms with Gasteiger partial charge in [-0.2, -0.15) is 0 Å². The molecule has 2 rings (SSSR count). The van der Waals surface area contributed by atoms with E-state index >= 15 is 0 Å². The molecule has 0 amide bonds. The average molecular weight is 255 g/mol. The summed E-state index contributed by atoms with van der Waals surface area (Å²) in [5, 5.41) is 0.653. The molecule has 19 heavy (non-hydrogen) atoms. The van der Waals surface area contributed by atoms with Gasteiger partial charge in [0.2, 0.25) is 0 Å². The minimum atomic E-state index is -0.100. The second kappa shape index (κ2) is 5.10. The third-order valence-corrected chi connectivity index (χ3v) is 3.24. The Morgan fingerprint density at radius 1 is 1.53 bits per heavy atom. The number of nitrogens with zero attached hydrogens (tertiary/aromatic N) is 2. The van der Waals surface area contributed by atoms with Crippen LogP contribution in [0.25, 0.3) is 11.0 Å². The molecule has 0 atom stereocenters. The summed E-state index contributed by atoms with van der Waals surface area (Å²) in [6.45, 7) is 12.2. The Kier molecular flexibility index (Phi) is 3.51. The van der Waals surface area contributed by atoms with Crippen LogP contribution in [0.2, 0.25) is 0 Å². The Hall–Kier alpha value is -2.36. The Balaban J connectivity index is 2.55. The first kappa shape index (κ1) is 13.1. The second-order valence-electron chi connectivity index (χ2n) is 4.48. The summed E-state index contributed by atoms with van der Waals surface area (Å²) >= 11 is 0. The lowest BCUT2D eigenvalue weighted by molar-refractivity contribution is 0.791. The highest BCUT2D eigenvalue weighted by Crippen LogP contribution is 2.21. The van der Waals surface area contributed by atoms with Crippen molar-refractivity contribution in [2.75, 3.05) is 0 Å². The van der Waals surface area contributed by atoms with Crippen molar-refractivity contribution in [1.82, 2.24) is 14.5 Å². The number of aromatic nitrogens is 3. The predicted octanol–water partition coefficient (Wildman–Crippen LogP) is 2.64. The van der Waals surface area contributed by atoms with Crippen molar-refractivity contribution < 1.29 is 0 Å². The van der Waals surface area contributed by atoms with Gasteiger partial charge in [-0.3, -0.25) is 4.79 Å². The molecule has 0 saturated heterocycles. The molecule has 0 aliphatic carbocycles. The Morgan fingerprint density at radius 2 is 2.26 bits per heavy atom. The van der Waals surface area contributed by atoms with Gasteiger partial charge >= 0.3 is 0 Å². The number of fused-ring (bicyclic) bond motifs is 1. The zero-order chi connectivity index (χ0) is 14.0. The van der Waals surface area contributed by atoms with Crippen molar-refractivity contribution in [2.45, 2.75) is 20.4 Å². The molecule has 0 radical (unpaired) electrons. The molecule has 1 N–H and O–H groups in total. The summed E-state index contributed by atoms with van der Waals surface area (Å²) < 4.78 is 2.01. The molecule has 0 aliphatic heterocycles. The van der Waals surface area contributed by atoms with Crippen molar-refractivity contribution in [3.05, 3.63) is 64.9 Å². The van der Waals surface area contributed by atoms with Crippen LogP contribution in [0.15, 0.2) is 48.1 Å². The summed E-state index contributed by atoms with van der Waals surface area (Å²) in [4.78, 5) is 18.8. The summed E-state index contributed by atoms with van der Waals surface area (Å²) in [6.07, 6.45) is 6.89. The number of aryl methyl sites for hydroxylation is 1. The monoisotopic (exact) mass is 255 g/mol. The number of hydrogen-bond donors (Lipinski definition) is 1. The van der Waals surface area contributed by atoms with Crippen LogP contribution < -0.4 is 5.56 Å². The standard InChI is InChI=1S/C15H17N3O/c1-5-6-7-10(2)8-18-12(4)11(3)13-14(18)16-9-17-15(13)19/h5-7,9H,1-2,8H2,3-4H3,(H,16,17,19)/b7-6-. The average Bonchev–Trinajstić information content (AvgIpc) is 2.63. The lowest BCUT2D eigenvalue weighted by atomic mass is 10.2. The number of hydrogen-bond acceptors (Lipinski definition) is 2. The fraction of sp³-hybridized carbons (Fsp3) is 0.200. The van der Waals surface area contributed by atoms with E-state index in [1.165, 1.54) is 6.33 Å². The van der Waals surface area contributed by atoms with Gasteiger partial charge in [0.25, 0.3) is 5.56 Å². The minimum absolute atomic E-state index is 0.100. The Bertz CT molecular complexity index is 732. The highest BCUT2D eigenvalue weighted by atomic mass is 16.1. The first-order valence-electron chi connectivity index (χ1n) is 6.06. The van der Waals surface area contributed by atoms with E-state index in [1.807, 2.05) is 30.6 Å². The number of aromatic amines is 1. The first-order valence-corrected chi connectivity index (χ1v) is 6.06. The fourth-order valence-electron chi connectivity index (χ4n) is 2.13. The summed E-state index contributed by atoms with van der Waals surface area (Å²) in [7, 11) is 0. The first-order chi connectivity index (χ1) is 9.06. The van der Waals surface area contributed by atoms with Gasteiger partial charge in [0, 0.05) is 12.2 Å². The molecule has 0 aromatic carbocycles. The Labute approximate surface area is 111 Å². The normalized spacial score (nSPS) is 11.3. The minimum Gasteiger partial charge on any atom is -0.325 e. The molecular formula is C15H17N3O. The predicted molar refractivity (Wildman–Crippen MR) is 78.3 cm³/mol. The smallest absolute Gasteiger partial charge is 0.260 e. The van der Waals surface area contributed by atoms with Gasteiger partial charge in [-0.25, -0.2) is 4.98 Å². The molecule has 2 aromatic rings. The fourth-order valence-corrected chi connectivity index (χ4v) is 2.13. The lowest BCUT2D eigenvalue weighted by Gasteiger charge is -2.07. The van der Waals surface area contributed by atoms with Crippen molar-refractivity contribution in [2.24, 2.45) is 0 Å². The van der Waals surface area contributed by atoms with Gasteiger partial charge in [0.05, 0.1) is 11.7 Å². The molecule has 2 heterocycles. The molecular weight excluding hydrogens is 238 g/mol. The van der Waals surface area contributed by atoms with E-state index in [-0.39, 0.29) is 5.56 Å². The summed E-state index contributed by atoms with van der Waals surface area (Å²) in [5.41, 5.74) is 3.53. The molecule has 0 fully saturated rings. The van der Waals surface area contributed by atoms with Crippen LogP contribution in [0.3, 0.4) is 0 Å². The van der Waals surface area contributed by atoms with Crippen LogP contribution >= 0.6 is 0 Å². The summed E-state index contributed by atoms with van der Waals surface area (Å²) in [6, 6.07) is 0. The van der Waals surface area contributed by atoms with E-state index in [1.54, 1.807) is 6.08 Å². The van der Waals surface area contributed by atoms with E-state index in [2.05, 4.69) is 23.1 Å². The molecule has 0 bridgehead atoms. The molecule has 0 saturated carbocycles. The highest BCUT2D eigenvalue weighted by Gasteiger charge is 2.14. The molecule has 0 aliphatic rings. The molecule has 4 nitrogen and oxygen atoms in total. The van der Waals surface area contributed by atoms with Gasteiger partial charge in [0.1, 0.15) is 5.65 Å². The van der Waals surface area contributed by atoms with Crippen LogP contribution in [0.1, 0.15) is 11.3 Å². The Morgan fingerprint density at radius 3 is 2.95 bits per heavy atom. The molecule has 2 aromatic heterocycles. The van der Waals surface area contributed by atoms with Crippen LogP contribution in [0.4, 0.5) is 0 Å². The molecule has 0 unspecified atom stereocenters. The highest BCUT2D eigenvalue weighted by molar-refractivity contribution is 5.80. The van der Waals surface area contributed by atoms with Gasteiger partial charge < -0.3 is 9.55 Å². The van der Waals surface area contributed by atoms with Crippen LogP contribution in [-0.2, 0) is 6.54 Å². The zero-order valence-corrected chi connectivity index (χ0v) is 11.2. The van der Waals surface area contributed by atoms with E-state index < -0.39 is 0 Å². The van der Waals surface area contributed by atoms with E-state index in [4.69, 9.17) is 0 Å².